The first kappa shape index (κ1) is 18.2. The van der Waals surface area contributed by atoms with Crippen LogP contribution in [-0.4, -0.2) is 65.1 Å². The van der Waals surface area contributed by atoms with Crippen LogP contribution in [-0.2, 0) is 11.3 Å². The molecule has 0 radical (unpaired) electrons. The van der Waals surface area contributed by atoms with Crippen molar-refractivity contribution in [3.63, 3.8) is 0 Å². The van der Waals surface area contributed by atoms with Crippen molar-refractivity contribution in [3.8, 4) is 0 Å². The van der Waals surface area contributed by atoms with Gasteiger partial charge in [-0.2, -0.15) is 11.8 Å². The Balaban J connectivity index is 1.84. The van der Waals surface area contributed by atoms with Crippen molar-refractivity contribution < 1.29 is 14.3 Å². The van der Waals surface area contributed by atoms with Crippen molar-refractivity contribution in [2.75, 3.05) is 38.2 Å². The lowest BCUT2D eigenvalue weighted by Crippen LogP contribution is -2.41. The number of aliphatic hydroxyl groups is 1. The van der Waals surface area contributed by atoms with Crippen LogP contribution in [0.4, 0.5) is 4.39 Å². The van der Waals surface area contributed by atoms with Gasteiger partial charge >= 0.3 is 0 Å². The van der Waals surface area contributed by atoms with Crippen LogP contribution < -0.4 is 0 Å². The van der Waals surface area contributed by atoms with Crippen molar-refractivity contribution in [2.45, 2.75) is 25.5 Å². The predicted octanol–water partition coefficient (Wildman–Crippen LogP) is 1.97. The van der Waals surface area contributed by atoms with E-state index in [0.717, 1.165) is 37.4 Å². The van der Waals surface area contributed by atoms with Crippen LogP contribution in [0.2, 0.25) is 0 Å². The van der Waals surface area contributed by atoms with Gasteiger partial charge in [-0.25, -0.2) is 4.39 Å². The SMILES string of the molecule is CSCC[C@@H](O)C(=O)N1CCCN(Cc2ccc(F)cc2)CC1. The number of benzene rings is 1. The van der Waals surface area contributed by atoms with Crippen LogP contribution in [0.5, 0.6) is 0 Å². The number of amides is 1. The maximum atomic E-state index is 13.0. The van der Waals surface area contributed by atoms with Crippen LogP contribution in [0.1, 0.15) is 18.4 Å². The monoisotopic (exact) mass is 340 g/mol. The Labute approximate surface area is 141 Å². The van der Waals surface area contributed by atoms with Crippen molar-refractivity contribution in [2.24, 2.45) is 0 Å². The average molecular weight is 340 g/mol. The zero-order valence-corrected chi connectivity index (χ0v) is 14.4. The topological polar surface area (TPSA) is 43.8 Å². The van der Waals surface area contributed by atoms with E-state index in [4.69, 9.17) is 0 Å². The van der Waals surface area contributed by atoms with Gasteiger partial charge in [-0.05, 0) is 42.5 Å². The Morgan fingerprint density at radius 3 is 2.70 bits per heavy atom. The summed E-state index contributed by atoms with van der Waals surface area (Å²) in [7, 11) is 0. The number of nitrogens with zero attached hydrogens (tertiary/aromatic N) is 2. The molecular formula is C17H25FN2O2S. The molecule has 1 amide bonds. The number of thioether (sulfide) groups is 1. The summed E-state index contributed by atoms with van der Waals surface area (Å²) in [4.78, 5) is 16.3. The number of hydrogen-bond acceptors (Lipinski definition) is 4. The molecule has 1 atom stereocenters. The molecule has 1 aromatic carbocycles. The summed E-state index contributed by atoms with van der Waals surface area (Å²) in [6.07, 6.45) is 2.49. The highest BCUT2D eigenvalue weighted by molar-refractivity contribution is 7.98. The Morgan fingerprint density at radius 2 is 2.00 bits per heavy atom. The molecule has 0 bridgehead atoms. The lowest BCUT2D eigenvalue weighted by molar-refractivity contribution is -0.140. The van der Waals surface area contributed by atoms with Gasteiger partial charge < -0.3 is 10.0 Å². The standard InChI is InChI=1S/C17H25FN2O2S/c1-23-12-7-16(21)17(22)20-9-2-8-19(10-11-20)13-14-3-5-15(18)6-4-14/h3-6,16,21H,2,7-13H2,1H3/t16-/m1/s1. The fraction of sp³-hybridized carbons (Fsp3) is 0.588. The van der Waals surface area contributed by atoms with Gasteiger partial charge in [0.15, 0.2) is 0 Å². The number of carbonyl (C=O) groups is 1. The summed E-state index contributed by atoms with van der Waals surface area (Å²) < 4.78 is 13.0. The van der Waals surface area contributed by atoms with Gasteiger partial charge in [-0.3, -0.25) is 9.69 Å². The minimum Gasteiger partial charge on any atom is -0.383 e. The molecule has 1 fully saturated rings. The molecule has 1 saturated heterocycles. The lowest BCUT2D eigenvalue weighted by atomic mass is 10.2. The number of rotatable bonds is 6. The third kappa shape index (κ3) is 5.79. The third-order valence-electron chi connectivity index (χ3n) is 4.10. The van der Waals surface area contributed by atoms with E-state index in [0.29, 0.717) is 19.5 Å². The highest BCUT2D eigenvalue weighted by Gasteiger charge is 2.24. The fourth-order valence-corrected chi connectivity index (χ4v) is 3.22. The van der Waals surface area contributed by atoms with E-state index in [2.05, 4.69) is 4.90 Å². The summed E-state index contributed by atoms with van der Waals surface area (Å²) in [6.45, 7) is 3.77. The maximum Gasteiger partial charge on any atom is 0.251 e. The molecule has 1 aliphatic rings. The average Bonchev–Trinajstić information content (AvgIpc) is 2.79. The minimum atomic E-state index is -0.883. The first-order valence-electron chi connectivity index (χ1n) is 8.02. The summed E-state index contributed by atoms with van der Waals surface area (Å²) in [5, 5.41) is 9.97. The molecule has 4 nitrogen and oxygen atoms in total. The van der Waals surface area contributed by atoms with E-state index < -0.39 is 6.10 Å². The van der Waals surface area contributed by atoms with Crippen LogP contribution in [0, 0.1) is 5.82 Å². The Hall–Kier alpha value is -1.11. The normalized spacial score (nSPS) is 17.8. The number of carbonyl (C=O) groups excluding carboxylic acids is 1. The van der Waals surface area contributed by atoms with Gasteiger partial charge in [-0.1, -0.05) is 12.1 Å². The van der Waals surface area contributed by atoms with Crippen LogP contribution in [0.3, 0.4) is 0 Å². The molecule has 1 aromatic rings. The van der Waals surface area contributed by atoms with Gasteiger partial charge in [-0.15, -0.1) is 0 Å². The molecule has 23 heavy (non-hydrogen) atoms. The van der Waals surface area contributed by atoms with Crippen molar-refractivity contribution >= 4 is 17.7 Å². The van der Waals surface area contributed by atoms with Crippen molar-refractivity contribution in [3.05, 3.63) is 35.6 Å². The zero-order valence-electron chi connectivity index (χ0n) is 13.6. The van der Waals surface area contributed by atoms with Crippen molar-refractivity contribution in [1.29, 1.82) is 0 Å². The Bertz CT molecular complexity index is 498. The Morgan fingerprint density at radius 1 is 1.26 bits per heavy atom. The molecule has 2 rings (SSSR count). The van der Waals surface area contributed by atoms with E-state index in [9.17, 15) is 14.3 Å². The van der Waals surface area contributed by atoms with Gasteiger partial charge in [0.2, 0.25) is 0 Å². The summed E-state index contributed by atoms with van der Waals surface area (Å²) in [6, 6.07) is 6.56. The number of hydrogen-bond donors (Lipinski definition) is 1. The number of aliphatic hydroxyl groups excluding tert-OH is 1. The second-order valence-corrected chi connectivity index (χ2v) is 6.86. The van der Waals surface area contributed by atoms with E-state index in [1.807, 2.05) is 6.26 Å². The van der Waals surface area contributed by atoms with E-state index in [-0.39, 0.29) is 11.7 Å². The highest BCUT2D eigenvalue weighted by Crippen LogP contribution is 2.12. The molecule has 1 aliphatic heterocycles. The second-order valence-electron chi connectivity index (χ2n) is 5.88. The zero-order chi connectivity index (χ0) is 16.7. The molecule has 0 aromatic heterocycles. The van der Waals surface area contributed by atoms with Gasteiger partial charge in [0, 0.05) is 32.7 Å². The summed E-state index contributed by atoms with van der Waals surface area (Å²) in [5.41, 5.74) is 1.08. The molecule has 0 unspecified atom stereocenters. The van der Waals surface area contributed by atoms with E-state index in [1.165, 1.54) is 12.1 Å². The molecule has 1 heterocycles. The van der Waals surface area contributed by atoms with Gasteiger partial charge in [0.25, 0.3) is 5.91 Å². The summed E-state index contributed by atoms with van der Waals surface area (Å²) >= 11 is 1.64. The number of halogens is 1. The quantitative estimate of drug-likeness (QED) is 0.860. The molecule has 1 N–H and O–H groups in total. The Kier molecular flexibility index (Phi) is 7.33. The molecule has 128 valence electrons. The maximum absolute atomic E-state index is 13.0. The lowest BCUT2D eigenvalue weighted by Gasteiger charge is -2.24. The second kappa shape index (κ2) is 9.25. The summed E-state index contributed by atoms with van der Waals surface area (Å²) in [5.74, 6) is 0.417. The van der Waals surface area contributed by atoms with Gasteiger partial charge in [0.05, 0.1) is 0 Å². The largest absolute Gasteiger partial charge is 0.383 e. The predicted molar refractivity (Wildman–Crippen MR) is 91.9 cm³/mol. The molecule has 6 heteroatoms. The molecular weight excluding hydrogens is 315 g/mol. The molecule has 0 saturated carbocycles. The van der Waals surface area contributed by atoms with Crippen molar-refractivity contribution in [1.82, 2.24) is 9.80 Å². The minimum absolute atomic E-state index is 0.150. The van der Waals surface area contributed by atoms with Crippen LogP contribution in [0.25, 0.3) is 0 Å². The van der Waals surface area contributed by atoms with E-state index in [1.54, 1.807) is 28.8 Å². The molecule has 0 aliphatic carbocycles. The highest BCUT2D eigenvalue weighted by atomic mass is 32.2. The third-order valence-corrected chi connectivity index (χ3v) is 4.74. The van der Waals surface area contributed by atoms with E-state index >= 15 is 0 Å². The first-order chi connectivity index (χ1) is 11.1. The van der Waals surface area contributed by atoms with Gasteiger partial charge in [0.1, 0.15) is 11.9 Å². The fourth-order valence-electron chi connectivity index (χ4n) is 2.76. The molecule has 0 spiro atoms. The smallest absolute Gasteiger partial charge is 0.251 e. The van der Waals surface area contributed by atoms with Crippen LogP contribution >= 0.6 is 11.8 Å². The first-order valence-corrected chi connectivity index (χ1v) is 9.42. The van der Waals surface area contributed by atoms with Crippen LogP contribution in [0.15, 0.2) is 24.3 Å².